The van der Waals surface area contributed by atoms with E-state index in [1.807, 2.05) is 75.4 Å². The van der Waals surface area contributed by atoms with Crippen molar-refractivity contribution in [2.75, 3.05) is 6.61 Å². The van der Waals surface area contributed by atoms with Crippen LogP contribution in [0, 0.1) is 27.3 Å². The van der Waals surface area contributed by atoms with Crippen LogP contribution in [-0.4, -0.2) is 22.1 Å². The number of ether oxygens (including phenoxy) is 1. The lowest BCUT2D eigenvalue weighted by Crippen LogP contribution is -2.23. The molecule has 0 radical (unpaired) electrons. The molecule has 0 aliphatic carbocycles. The van der Waals surface area contributed by atoms with Gasteiger partial charge in [0.2, 0.25) is 0 Å². The van der Waals surface area contributed by atoms with Crippen molar-refractivity contribution >= 4 is 22.6 Å². The smallest absolute Gasteiger partial charge is 0.354 e. The number of benzene rings is 3. The van der Waals surface area contributed by atoms with Crippen LogP contribution in [0.25, 0.3) is 38.1 Å². The molecule has 0 amide bonds. The molecule has 194 valence electrons. The molecule has 5 aromatic rings. The molecule has 0 atom stereocenters. The van der Waals surface area contributed by atoms with Crippen molar-refractivity contribution in [3.63, 3.8) is 0 Å². The maximum atomic E-state index is 13.5. The molecule has 2 aromatic heterocycles. The van der Waals surface area contributed by atoms with Gasteiger partial charge in [-0.1, -0.05) is 54.1 Å². The van der Waals surface area contributed by atoms with E-state index in [0.717, 1.165) is 50.0 Å². The van der Waals surface area contributed by atoms with E-state index in [1.54, 1.807) is 17.6 Å². The van der Waals surface area contributed by atoms with Gasteiger partial charge in [0, 0.05) is 16.6 Å². The molecule has 6 heteroatoms. The Bertz CT molecular complexity index is 1840. The summed E-state index contributed by atoms with van der Waals surface area (Å²) in [6.45, 7) is 16.0. The van der Waals surface area contributed by atoms with Gasteiger partial charge < -0.3 is 14.3 Å². The molecule has 3 aromatic carbocycles. The zero-order valence-corrected chi connectivity index (χ0v) is 22.5. The van der Waals surface area contributed by atoms with Crippen LogP contribution in [0.2, 0.25) is 0 Å². The Morgan fingerprint density at radius 3 is 2.44 bits per heavy atom. The van der Waals surface area contributed by atoms with Gasteiger partial charge in [0.15, 0.2) is 0 Å². The number of H-pyrrole nitrogens is 1. The van der Waals surface area contributed by atoms with Crippen LogP contribution in [0.1, 0.15) is 39.7 Å². The number of fused-ring (bicyclic) bond motifs is 1. The molecule has 0 aliphatic rings. The second-order valence-corrected chi connectivity index (χ2v) is 9.78. The summed E-state index contributed by atoms with van der Waals surface area (Å²) in [5.74, 6) is -0.378. The minimum Gasteiger partial charge on any atom is -0.461 e. The first-order chi connectivity index (χ1) is 18.8. The number of aromatic amines is 1. The van der Waals surface area contributed by atoms with Crippen molar-refractivity contribution in [3.05, 3.63) is 123 Å². The largest absolute Gasteiger partial charge is 0.461 e. The van der Waals surface area contributed by atoms with Gasteiger partial charge in [0.25, 0.3) is 11.2 Å². The van der Waals surface area contributed by atoms with Gasteiger partial charge in [-0.25, -0.2) is 9.64 Å². The number of hydrogen-bond donors (Lipinski definition) is 1. The molecule has 0 bridgehead atoms. The van der Waals surface area contributed by atoms with Crippen molar-refractivity contribution in [3.8, 4) is 22.4 Å². The first-order valence-corrected chi connectivity index (χ1v) is 12.9. The number of nitrogens with zero attached hydrogens (tertiary/aromatic N) is 2. The Balaban J connectivity index is 1.60. The van der Waals surface area contributed by atoms with Crippen molar-refractivity contribution < 1.29 is 9.53 Å². The third-order valence-electron chi connectivity index (χ3n) is 7.01. The third-order valence-corrected chi connectivity index (χ3v) is 7.01. The number of nitrogens with one attached hydrogen (secondary N) is 1. The molecule has 0 aliphatic heterocycles. The summed E-state index contributed by atoms with van der Waals surface area (Å²) >= 11 is 0. The second-order valence-electron chi connectivity index (χ2n) is 9.78. The molecular formula is C33H29N3O3. The number of rotatable bonds is 6. The number of pyridine rings is 1. The standard InChI is InChI=1S/C33H29N3O3/c1-6-39-33(38)29-18-25-13-12-24(17-28(25)35-29)23-8-7-9-26(16-23)30-15-22(4)31(34-5)32(37)36(30)19-27-11-10-20(2)14-21(27)3/h7-18,35H,6,19H2,1-4H3. The molecule has 0 saturated heterocycles. The summed E-state index contributed by atoms with van der Waals surface area (Å²) in [7, 11) is 0. The van der Waals surface area contributed by atoms with E-state index in [0.29, 0.717) is 24.4 Å². The van der Waals surface area contributed by atoms with Gasteiger partial charge in [0.1, 0.15) is 5.69 Å². The number of hydrogen-bond acceptors (Lipinski definition) is 3. The zero-order chi connectivity index (χ0) is 27.7. The fourth-order valence-corrected chi connectivity index (χ4v) is 4.97. The van der Waals surface area contributed by atoms with Crippen LogP contribution >= 0.6 is 0 Å². The molecule has 0 fully saturated rings. The molecule has 0 unspecified atom stereocenters. The van der Waals surface area contributed by atoms with Crippen LogP contribution < -0.4 is 5.56 Å². The number of aryl methyl sites for hydroxylation is 3. The fourth-order valence-electron chi connectivity index (χ4n) is 4.97. The quantitative estimate of drug-likeness (QED) is 0.190. The van der Waals surface area contributed by atoms with Crippen LogP contribution in [0.4, 0.5) is 5.69 Å². The molecule has 1 N–H and O–H groups in total. The van der Waals surface area contributed by atoms with Crippen molar-refractivity contribution in [1.82, 2.24) is 9.55 Å². The van der Waals surface area contributed by atoms with E-state index >= 15 is 0 Å². The highest BCUT2D eigenvalue weighted by molar-refractivity contribution is 5.96. The van der Waals surface area contributed by atoms with E-state index in [2.05, 4.69) is 22.0 Å². The van der Waals surface area contributed by atoms with E-state index in [1.165, 1.54) is 0 Å². The van der Waals surface area contributed by atoms with E-state index in [4.69, 9.17) is 11.3 Å². The van der Waals surface area contributed by atoms with Gasteiger partial charge in [0.05, 0.1) is 19.7 Å². The lowest BCUT2D eigenvalue weighted by Gasteiger charge is -2.18. The number of aromatic nitrogens is 2. The number of carbonyl (C=O) groups is 1. The van der Waals surface area contributed by atoms with Crippen LogP contribution in [0.3, 0.4) is 0 Å². The highest BCUT2D eigenvalue weighted by atomic mass is 16.5. The van der Waals surface area contributed by atoms with Gasteiger partial charge in [-0.15, -0.1) is 0 Å². The topological polar surface area (TPSA) is 68.5 Å². The maximum Gasteiger partial charge on any atom is 0.354 e. The third kappa shape index (κ3) is 4.99. The minimum absolute atomic E-state index is 0.147. The minimum atomic E-state index is -0.378. The molecule has 6 nitrogen and oxygen atoms in total. The summed E-state index contributed by atoms with van der Waals surface area (Å²) in [6, 6.07) is 23.9. The summed E-state index contributed by atoms with van der Waals surface area (Å²) in [5, 5.41) is 0.922. The normalized spacial score (nSPS) is 10.9. The molecular weight excluding hydrogens is 486 g/mol. The van der Waals surface area contributed by atoms with Gasteiger partial charge in [-0.2, -0.15) is 0 Å². The lowest BCUT2D eigenvalue weighted by molar-refractivity contribution is 0.0520. The predicted molar refractivity (Wildman–Crippen MR) is 155 cm³/mol. The van der Waals surface area contributed by atoms with E-state index < -0.39 is 0 Å². The summed E-state index contributed by atoms with van der Waals surface area (Å²) in [5.41, 5.74) is 8.67. The fraction of sp³-hybridized carbons (Fsp3) is 0.182. The lowest BCUT2D eigenvalue weighted by atomic mass is 9.99. The summed E-state index contributed by atoms with van der Waals surface area (Å²) in [6.07, 6.45) is 0. The first kappa shape index (κ1) is 25.7. The van der Waals surface area contributed by atoms with Gasteiger partial charge >= 0.3 is 5.97 Å². The Morgan fingerprint density at radius 1 is 0.923 bits per heavy atom. The molecule has 0 spiro atoms. The zero-order valence-electron chi connectivity index (χ0n) is 22.5. The Hall–Kier alpha value is -4.89. The highest BCUT2D eigenvalue weighted by Crippen LogP contribution is 2.31. The Kier molecular flexibility index (Phi) is 6.91. The Morgan fingerprint density at radius 2 is 1.69 bits per heavy atom. The molecule has 39 heavy (non-hydrogen) atoms. The molecule has 2 heterocycles. The van der Waals surface area contributed by atoms with Crippen LogP contribution in [0.5, 0.6) is 0 Å². The van der Waals surface area contributed by atoms with Crippen molar-refractivity contribution in [2.45, 2.75) is 34.2 Å². The van der Waals surface area contributed by atoms with Gasteiger partial charge in [-0.05, 0) is 85.3 Å². The predicted octanol–water partition coefficient (Wildman–Crippen LogP) is 7.36. The molecule has 5 rings (SSSR count). The number of esters is 1. The van der Waals surface area contributed by atoms with Crippen LogP contribution in [0.15, 0.2) is 77.6 Å². The average Bonchev–Trinajstić information content (AvgIpc) is 3.35. The number of carbonyl (C=O) groups excluding carboxylic acids is 1. The first-order valence-electron chi connectivity index (χ1n) is 12.9. The Labute approximate surface area is 227 Å². The average molecular weight is 516 g/mol. The maximum absolute atomic E-state index is 13.5. The summed E-state index contributed by atoms with van der Waals surface area (Å²) < 4.78 is 6.83. The van der Waals surface area contributed by atoms with E-state index in [-0.39, 0.29) is 17.2 Å². The second kappa shape index (κ2) is 10.5. The monoisotopic (exact) mass is 515 g/mol. The SMILES string of the molecule is [C-]#[N+]c1c(C)cc(-c2cccc(-c3ccc4cc(C(=O)OCC)[nH]c4c3)c2)n(Cc2ccc(C)cc2C)c1=O. The molecule has 0 saturated carbocycles. The van der Waals surface area contributed by atoms with Crippen molar-refractivity contribution in [2.24, 2.45) is 0 Å². The van der Waals surface area contributed by atoms with Gasteiger partial charge in [-0.3, -0.25) is 4.79 Å². The highest BCUT2D eigenvalue weighted by Gasteiger charge is 2.16. The van der Waals surface area contributed by atoms with Crippen molar-refractivity contribution in [1.29, 1.82) is 0 Å². The van der Waals surface area contributed by atoms with Crippen LogP contribution in [-0.2, 0) is 11.3 Å². The van der Waals surface area contributed by atoms with E-state index in [9.17, 15) is 9.59 Å². The summed E-state index contributed by atoms with van der Waals surface area (Å²) in [4.78, 5) is 32.4.